The SMILES string of the molecule is Cc1ncc(-c2cc([C@H]3CCCN3Cc3cscn3)ccn2)n1C. The number of thiazole rings is 1. The Bertz CT molecular complexity index is 824. The highest BCUT2D eigenvalue weighted by Crippen LogP contribution is 2.34. The second kappa shape index (κ2) is 6.45. The molecule has 0 aromatic carbocycles. The molecule has 1 atom stereocenters. The van der Waals surface area contributed by atoms with Crippen molar-refractivity contribution in [3.05, 3.63) is 52.5 Å². The molecule has 4 rings (SSSR count). The minimum absolute atomic E-state index is 0.447. The summed E-state index contributed by atoms with van der Waals surface area (Å²) in [5, 5.41) is 2.14. The standard InChI is InChI=1S/C18H21N5S/c1-13-20-9-18(22(13)2)16-8-14(5-6-19-16)17-4-3-7-23(17)10-15-11-24-12-21-15/h5-6,8-9,11-12,17H,3-4,7,10H2,1-2H3/t17-/m1/s1. The van der Waals surface area contributed by atoms with Crippen LogP contribution in [0.4, 0.5) is 0 Å². The van der Waals surface area contributed by atoms with Crippen LogP contribution in [0.15, 0.2) is 35.4 Å². The molecule has 1 aliphatic rings. The lowest BCUT2D eigenvalue weighted by Gasteiger charge is -2.24. The van der Waals surface area contributed by atoms with Crippen LogP contribution in [-0.2, 0) is 13.6 Å². The molecule has 0 saturated carbocycles. The molecular weight excluding hydrogens is 318 g/mol. The number of nitrogens with zero attached hydrogens (tertiary/aromatic N) is 5. The van der Waals surface area contributed by atoms with Gasteiger partial charge in [-0.3, -0.25) is 9.88 Å². The van der Waals surface area contributed by atoms with Crippen molar-refractivity contribution in [2.24, 2.45) is 7.05 Å². The molecule has 0 spiro atoms. The zero-order valence-corrected chi connectivity index (χ0v) is 14.8. The van der Waals surface area contributed by atoms with Gasteiger partial charge in [0.25, 0.3) is 0 Å². The molecule has 0 bridgehead atoms. The van der Waals surface area contributed by atoms with Gasteiger partial charge >= 0.3 is 0 Å². The average Bonchev–Trinajstić information content (AvgIpc) is 3.32. The van der Waals surface area contributed by atoms with Crippen LogP contribution in [0.1, 0.15) is 36.0 Å². The van der Waals surface area contributed by atoms with Crippen molar-refractivity contribution < 1.29 is 0 Å². The molecule has 0 N–H and O–H groups in total. The first-order valence-corrected chi connectivity index (χ1v) is 9.22. The minimum atomic E-state index is 0.447. The highest BCUT2D eigenvalue weighted by atomic mass is 32.1. The van der Waals surface area contributed by atoms with Crippen molar-refractivity contribution in [3.8, 4) is 11.4 Å². The first-order valence-electron chi connectivity index (χ1n) is 8.28. The van der Waals surface area contributed by atoms with Crippen LogP contribution in [0.25, 0.3) is 11.4 Å². The van der Waals surface area contributed by atoms with Gasteiger partial charge < -0.3 is 4.57 Å². The van der Waals surface area contributed by atoms with Crippen molar-refractivity contribution in [3.63, 3.8) is 0 Å². The Morgan fingerprint density at radius 1 is 1.29 bits per heavy atom. The largest absolute Gasteiger partial charge is 0.330 e. The van der Waals surface area contributed by atoms with E-state index < -0.39 is 0 Å². The van der Waals surface area contributed by atoms with E-state index in [9.17, 15) is 0 Å². The third-order valence-electron chi connectivity index (χ3n) is 4.86. The van der Waals surface area contributed by atoms with E-state index in [1.165, 1.54) is 24.1 Å². The summed E-state index contributed by atoms with van der Waals surface area (Å²) < 4.78 is 2.09. The zero-order chi connectivity index (χ0) is 16.5. The fourth-order valence-electron chi connectivity index (χ4n) is 3.45. The smallest absolute Gasteiger partial charge is 0.105 e. The number of hydrogen-bond acceptors (Lipinski definition) is 5. The number of aryl methyl sites for hydroxylation is 1. The van der Waals surface area contributed by atoms with Gasteiger partial charge in [-0.15, -0.1) is 11.3 Å². The van der Waals surface area contributed by atoms with Gasteiger partial charge in [-0.25, -0.2) is 9.97 Å². The summed E-state index contributed by atoms with van der Waals surface area (Å²) in [4.78, 5) is 15.9. The Balaban J connectivity index is 1.61. The molecule has 24 heavy (non-hydrogen) atoms. The molecule has 1 saturated heterocycles. The molecule has 3 aromatic rings. The Kier molecular flexibility index (Phi) is 4.16. The number of imidazole rings is 1. The van der Waals surface area contributed by atoms with Gasteiger partial charge in [-0.1, -0.05) is 0 Å². The predicted octanol–water partition coefficient (Wildman–Crippen LogP) is 3.58. The third-order valence-corrected chi connectivity index (χ3v) is 5.50. The Morgan fingerprint density at radius 2 is 2.21 bits per heavy atom. The monoisotopic (exact) mass is 339 g/mol. The molecule has 0 radical (unpaired) electrons. The molecule has 0 aliphatic carbocycles. The molecule has 1 fully saturated rings. The molecule has 1 aliphatic heterocycles. The van der Waals surface area contributed by atoms with E-state index in [2.05, 4.69) is 41.9 Å². The van der Waals surface area contributed by atoms with Gasteiger partial charge in [0.2, 0.25) is 0 Å². The normalized spacial score (nSPS) is 18.3. The quantitative estimate of drug-likeness (QED) is 0.729. The summed E-state index contributed by atoms with van der Waals surface area (Å²) in [7, 11) is 2.04. The van der Waals surface area contributed by atoms with Crippen molar-refractivity contribution in [1.82, 2.24) is 24.4 Å². The highest BCUT2D eigenvalue weighted by molar-refractivity contribution is 7.07. The maximum atomic E-state index is 4.57. The summed E-state index contributed by atoms with van der Waals surface area (Å²) in [6, 6.07) is 4.82. The molecule has 124 valence electrons. The van der Waals surface area contributed by atoms with Crippen LogP contribution in [0.5, 0.6) is 0 Å². The van der Waals surface area contributed by atoms with Crippen LogP contribution in [-0.4, -0.2) is 31.0 Å². The van der Waals surface area contributed by atoms with Crippen molar-refractivity contribution in [1.29, 1.82) is 0 Å². The molecule has 0 amide bonds. The lowest BCUT2D eigenvalue weighted by atomic mass is 10.0. The molecule has 6 heteroatoms. The van der Waals surface area contributed by atoms with Crippen molar-refractivity contribution in [2.45, 2.75) is 32.4 Å². The van der Waals surface area contributed by atoms with Gasteiger partial charge in [0.05, 0.1) is 28.8 Å². The van der Waals surface area contributed by atoms with Crippen LogP contribution < -0.4 is 0 Å². The fraction of sp³-hybridized carbons (Fsp3) is 0.389. The topological polar surface area (TPSA) is 46.8 Å². The second-order valence-corrected chi connectivity index (χ2v) is 7.05. The van der Waals surface area contributed by atoms with Gasteiger partial charge in [0.15, 0.2) is 0 Å². The third kappa shape index (κ3) is 2.87. The number of likely N-dealkylation sites (tertiary alicyclic amines) is 1. The fourth-order valence-corrected chi connectivity index (χ4v) is 4.00. The predicted molar refractivity (Wildman–Crippen MR) is 95.7 cm³/mol. The van der Waals surface area contributed by atoms with E-state index in [0.29, 0.717) is 6.04 Å². The maximum Gasteiger partial charge on any atom is 0.105 e. The van der Waals surface area contributed by atoms with E-state index in [0.717, 1.165) is 30.3 Å². The van der Waals surface area contributed by atoms with E-state index >= 15 is 0 Å². The first kappa shape index (κ1) is 15.5. The molecular formula is C18H21N5S. The summed E-state index contributed by atoms with van der Waals surface area (Å²) in [6.07, 6.45) is 6.25. The van der Waals surface area contributed by atoms with Gasteiger partial charge in [0.1, 0.15) is 5.82 Å². The van der Waals surface area contributed by atoms with Gasteiger partial charge in [0, 0.05) is 31.2 Å². The summed E-state index contributed by atoms with van der Waals surface area (Å²) in [5.41, 5.74) is 6.49. The Hall–Kier alpha value is -2.05. The van der Waals surface area contributed by atoms with Gasteiger partial charge in [-0.05, 0) is 44.0 Å². The molecule has 3 aromatic heterocycles. The average molecular weight is 339 g/mol. The highest BCUT2D eigenvalue weighted by Gasteiger charge is 2.27. The summed E-state index contributed by atoms with van der Waals surface area (Å²) in [6.45, 7) is 4.07. The van der Waals surface area contributed by atoms with Gasteiger partial charge in [-0.2, -0.15) is 0 Å². The Morgan fingerprint density at radius 3 is 2.96 bits per heavy atom. The zero-order valence-electron chi connectivity index (χ0n) is 14.0. The summed E-state index contributed by atoms with van der Waals surface area (Å²) in [5.74, 6) is 1.00. The summed E-state index contributed by atoms with van der Waals surface area (Å²) >= 11 is 1.67. The van der Waals surface area contributed by atoms with Crippen molar-refractivity contribution >= 4 is 11.3 Å². The number of rotatable bonds is 4. The molecule has 0 unspecified atom stereocenters. The lowest BCUT2D eigenvalue weighted by molar-refractivity contribution is 0.246. The Labute approximate surface area is 146 Å². The van der Waals surface area contributed by atoms with E-state index in [1.54, 1.807) is 11.3 Å². The van der Waals surface area contributed by atoms with E-state index in [1.807, 2.05) is 31.9 Å². The second-order valence-electron chi connectivity index (χ2n) is 6.33. The first-order chi connectivity index (χ1) is 11.7. The van der Waals surface area contributed by atoms with Crippen LogP contribution in [0, 0.1) is 6.92 Å². The van der Waals surface area contributed by atoms with Crippen LogP contribution >= 0.6 is 11.3 Å². The molecule has 4 heterocycles. The maximum absolute atomic E-state index is 4.57. The number of hydrogen-bond donors (Lipinski definition) is 0. The lowest BCUT2D eigenvalue weighted by Crippen LogP contribution is -2.23. The minimum Gasteiger partial charge on any atom is -0.330 e. The molecule has 5 nitrogen and oxygen atoms in total. The number of aromatic nitrogens is 4. The van der Waals surface area contributed by atoms with Crippen LogP contribution in [0.3, 0.4) is 0 Å². The van der Waals surface area contributed by atoms with E-state index in [-0.39, 0.29) is 0 Å². The number of pyridine rings is 1. The van der Waals surface area contributed by atoms with Crippen molar-refractivity contribution in [2.75, 3.05) is 6.54 Å². The van der Waals surface area contributed by atoms with Crippen LogP contribution in [0.2, 0.25) is 0 Å². The van der Waals surface area contributed by atoms with E-state index in [4.69, 9.17) is 0 Å².